The topological polar surface area (TPSA) is 53.1 Å². The third-order valence-corrected chi connectivity index (χ3v) is 5.08. The van der Waals surface area contributed by atoms with Gasteiger partial charge in [-0.2, -0.15) is 0 Å². The van der Waals surface area contributed by atoms with Crippen LogP contribution < -0.4 is 9.64 Å². The van der Waals surface area contributed by atoms with Crippen molar-refractivity contribution in [1.82, 2.24) is 9.80 Å². The Kier molecular flexibility index (Phi) is 5.79. The third-order valence-electron chi connectivity index (χ3n) is 5.08. The molecule has 0 unspecified atom stereocenters. The van der Waals surface area contributed by atoms with E-state index >= 15 is 0 Å². The quantitative estimate of drug-likeness (QED) is 0.767. The first-order valence-electron chi connectivity index (χ1n) is 9.16. The number of ether oxygens (including phenoxy) is 1. The highest BCUT2D eigenvalue weighted by atomic mass is 16.5. The summed E-state index contributed by atoms with van der Waals surface area (Å²) in [6.07, 6.45) is 4.31. The summed E-state index contributed by atoms with van der Waals surface area (Å²) in [6, 6.07) is 7.93. The minimum atomic E-state index is -0.337. The molecule has 6 nitrogen and oxygen atoms in total. The molecule has 3 rings (SSSR count). The lowest BCUT2D eigenvalue weighted by Gasteiger charge is -2.36. The van der Waals surface area contributed by atoms with E-state index in [0.29, 0.717) is 13.1 Å². The van der Waals surface area contributed by atoms with Crippen molar-refractivity contribution < 1.29 is 14.3 Å². The van der Waals surface area contributed by atoms with Crippen LogP contribution in [0, 0.1) is 0 Å². The van der Waals surface area contributed by atoms with Gasteiger partial charge >= 0.3 is 11.8 Å². The molecule has 0 bridgehead atoms. The largest absolute Gasteiger partial charge is 0.497 e. The predicted molar refractivity (Wildman–Crippen MR) is 96.8 cm³/mol. The Labute approximate surface area is 149 Å². The molecule has 136 valence electrons. The van der Waals surface area contributed by atoms with Gasteiger partial charge < -0.3 is 19.4 Å². The van der Waals surface area contributed by atoms with E-state index in [1.165, 1.54) is 0 Å². The average Bonchev–Trinajstić information content (AvgIpc) is 2.96. The van der Waals surface area contributed by atoms with Gasteiger partial charge in [0.05, 0.1) is 7.11 Å². The van der Waals surface area contributed by atoms with Gasteiger partial charge in [0.1, 0.15) is 5.75 Å². The summed E-state index contributed by atoms with van der Waals surface area (Å²) in [7, 11) is 1.65. The first-order chi connectivity index (χ1) is 12.2. The normalized spacial score (nSPS) is 18.7. The zero-order valence-corrected chi connectivity index (χ0v) is 14.9. The standard InChI is InChI=1S/C19H27N3O3/c1-25-17-8-6-16(7-9-17)20-12-14-22(15-13-20)19(24)18(23)21-10-4-2-3-5-11-21/h6-9H,2-5,10-15H2,1H3. The molecule has 0 saturated carbocycles. The number of carbonyl (C=O) groups is 2. The molecule has 2 fully saturated rings. The maximum absolute atomic E-state index is 12.5. The fraction of sp³-hybridized carbons (Fsp3) is 0.579. The SMILES string of the molecule is COc1ccc(N2CCN(C(=O)C(=O)N3CCCCCC3)CC2)cc1. The Morgan fingerprint density at radius 3 is 1.80 bits per heavy atom. The molecule has 2 amide bonds. The number of carbonyl (C=O) groups excluding carboxylic acids is 2. The van der Waals surface area contributed by atoms with Gasteiger partial charge in [0.2, 0.25) is 0 Å². The molecule has 6 heteroatoms. The number of amides is 2. The maximum Gasteiger partial charge on any atom is 0.312 e. The minimum absolute atomic E-state index is 0.320. The average molecular weight is 345 g/mol. The number of likely N-dealkylation sites (tertiary alicyclic amines) is 1. The highest BCUT2D eigenvalue weighted by Crippen LogP contribution is 2.20. The number of methoxy groups -OCH3 is 1. The van der Waals surface area contributed by atoms with Crippen molar-refractivity contribution in [1.29, 1.82) is 0 Å². The lowest BCUT2D eigenvalue weighted by Crippen LogP contribution is -2.53. The van der Waals surface area contributed by atoms with Crippen LogP contribution in [0.15, 0.2) is 24.3 Å². The number of anilines is 1. The number of hydrogen-bond acceptors (Lipinski definition) is 4. The van der Waals surface area contributed by atoms with Crippen molar-refractivity contribution in [2.45, 2.75) is 25.7 Å². The molecule has 0 atom stereocenters. The maximum atomic E-state index is 12.5. The number of rotatable bonds is 2. The zero-order valence-electron chi connectivity index (χ0n) is 14.9. The van der Waals surface area contributed by atoms with Gasteiger partial charge in [0.15, 0.2) is 0 Å². The molecule has 0 aromatic heterocycles. The predicted octanol–water partition coefficient (Wildman–Crippen LogP) is 1.75. The molecule has 0 aliphatic carbocycles. The van der Waals surface area contributed by atoms with E-state index in [4.69, 9.17) is 4.74 Å². The second kappa shape index (κ2) is 8.23. The molecule has 2 aliphatic rings. The van der Waals surface area contributed by atoms with Crippen LogP contribution >= 0.6 is 0 Å². The van der Waals surface area contributed by atoms with Gasteiger partial charge in [-0.25, -0.2) is 0 Å². The van der Waals surface area contributed by atoms with Crippen LogP contribution in [-0.2, 0) is 9.59 Å². The summed E-state index contributed by atoms with van der Waals surface area (Å²) < 4.78 is 5.18. The van der Waals surface area contributed by atoms with Gasteiger partial charge in [0.25, 0.3) is 0 Å². The Bertz CT molecular complexity index is 586. The van der Waals surface area contributed by atoms with Gasteiger partial charge in [-0.15, -0.1) is 0 Å². The van der Waals surface area contributed by atoms with Crippen LogP contribution in [0.3, 0.4) is 0 Å². The van der Waals surface area contributed by atoms with Crippen LogP contribution in [0.1, 0.15) is 25.7 Å². The summed E-state index contributed by atoms with van der Waals surface area (Å²) in [5.41, 5.74) is 1.12. The Balaban J connectivity index is 1.53. The molecule has 2 saturated heterocycles. The highest BCUT2D eigenvalue weighted by Gasteiger charge is 2.29. The molecule has 2 heterocycles. The summed E-state index contributed by atoms with van der Waals surface area (Å²) in [6.45, 7) is 4.10. The van der Waals surface area contributed by atoms with Crippen molar-refractivity contribution >= 4 is 17.5 Å². The smallest absolute Gasteiger partial charge is 0.312 e. The number of benzene rings is 1. The van der Waals surface area contributed by atoms with E-state index in [-0.39, 0.29) is 11.8 Å². The Hall–Kier alpha value is -2.24. The molecule has 2 aliphatic heterocycles. The first-order valence-corrected chi connectivity index (χ1v) is 9.16. The number of nitrogens with zero attached hydrogens (tertiary/aromatic N) is 3. The Morgan fingerprint density at radius 2 is 1.28 bits per heavy atom. The zero-order chi connectivity index (χ0) is 17.6. The minimum Gasteiger partial charge on any atom is -0.497 e. The van der Waals surface area contributed by atoms with Gasteiger partial charge in [-0.05, 0) is 37.1 Å². The van der Waals surface area contributed by atoms with Gasteiger partial charge in [-0.1, -0.05) is 12.8 Å². The summed E-state index contributed by atoms with van der Waals surface area (Å²) in [5, 5.41) is 0. The summed E-state index contributed by atoms with van der Waals surface area (Å²) in [4.78, 5) is 30.7. The number of piperazine rings is 1. The fourth-order valence-corrected chi connectivity index (χ4v) is 3.51. The van der Waals surface area contributed by atoms with E-state index in [1.54, 1.807) is 16.9 Å². The summed E-state index contributed by atoms with van der Waals surface area (Å²) in [5.74, 6) is 0.177. The summed E-state index contributed by atoms with van der Waals surface area (Å²) >= 11 is 0. The fourth-order valence-electron chi connectivity index (χ4n) is 3.51. The van der Waals surface area contributed by atoms with Crippen molar-refractivity contribution in [3.8, 4) is 5.75 Å². The van der Waals surface area contributed by atoms with E-state index in [1.807, 2.05) is 24.3 Å². The van der Waals surface area contributed by atoms with Crippen molar-refractivity contribution in [2.24, 2.45) is 0 Å². The van der Waals surface area contributed by atoms with Gasteiger partial charge in [0, 0.05) is 45.0 Å². The van der Waals surface area contributed by atoms with E-state index in [2.05, 4.69) is 4.90 Å². The van der Waals surface area contributed by atoms with Crippen molar-refractivity contribution in [2.75, 3.05) is 51.3 Å². The molecular formula is C19H27N3O3. The van der Waals surface area contributed by atoms with Gasteiger partial charge in [-0.3, -0.25) is 9.59 Å². The molecule has 1 aromatic carbocycles. The second-order valence-corrected chi connectivity index (χ2v) is 6.68. The van der Waals surface area contributed by atoms with Crippen LogP contribution in [-0.4, -0.2) is 68.0 Å². The van der Waals surface area contributed by atoms with E-state index in [9.17, 15) is 9.59 Å². The molecule has 25 heavy (non-hydrogen) atoms. The molecular weight excluding hydrogens is 318 g/mol. The molecule has 1 aromatic rings. The highest BCUT2D eigenvalue weighted by molar-refractivity contribution is 6.34. The van der Waals surface area contributed by atoms with Crippen molar-refractivity contribution in [3.63, 3.8) is 0 Å². The molecule has 0 N–H and O–H groups in total. The number of hydrogen-bond donors (Lipinski definition) is 0. The second-order valence-electron chi connectivity index (χ2n) is 6.68. The van der Waals surface area contributed by atoms with Crippen LogP contribution in [0.25, 0.3) is 0 Å². The Morgan fingerprint density at radius 1 is 0.760 bits per heavy atom. The lowest BCUT2D eigenvalue weighted by molar-refractivity contribution is -0.152. The van der Waals surface area contributed by atoms with E-state index in [0.717, 1.165) is 63.3 Å². The van der Waals surface area contributed by atoms with Crippen LogP contribution in [0.5, 0.6) is 5.75 Å². The van der Waals surface area contributed by atoms with Crippen LogP contribution in [0.4, 0.5) is 5.69 Å². The van der Waals surface area contributed by atoms with Crippen LogP contribution in [0.2, 0.25) is 0 Å². The van der Waals surface area contributed by atoms with Crippen molar-refractivity contribution in [3.05, 3.63) is 24.3 Å². The molecule has 0 spiro atoms. The molecule has 0 radical (unpaired) electrons. The van der Waals surface area contributed by atoms with E-state index < -0.39 is 0 Å². The lowest BCUT2D eigenvalue weighted by atomic mass is 10.2. The first kappa shape index (κ1) is 17.6. The third kappa shape index (κ3) is 4.24. The monoisotopic (exact) mass is 345 g/mol.